The number of aryl methyl sites for hydroxylation is 1. The van der Waals surface area contributed by atoms with Crippen LogP contribution in [0.5, 0.6) is 0 Å². The maximum absolute atomic E-state index is 9.93. The van der Waals surface area contributed by atoms with Crippen molar-refractivity contribution in [3.8, 4) is 12.3 Å². The Labute approximate surface area is 79.4 Å². The average Bonchev–Trinajstić information content (AvgIpc) is 2.05. The molecular weight excluding hydrogens is 160 g/mol. The summed E-state index contributed by atoms with van der Waals surface area (Å²) < 4.78 is 0. The largest absolute Gasteiger partial charge is 0.384 e. The molecule has 1 nitrogen and oxygen atoms in total. The van der Waals surface area contributed by atoms with Gasteiger partial charge in [0.05, 0.1) is 5.60 Å². The van der Waals surface area contributed by atoms with E-state index in [2.05, 4.69) is 5.92 Å². The number of hydrogen-bond donors (Lipinski definition) is 1. The van der Waals surface area contributed by atoms with Gasteiger partial charge in [-0.25, -0.2) is 0 Å². The maximum atomic E-state index is 9.93. The lowest BCUT2D eigenvalue weighted by molar-refractivity contribution is 0.0629. The Bertz CT molecular complexity index is 314. The van der Waals surface area contributed by atoms with Gasteiger partial charge in [0, 0.05) is 6.42 Å². The van der Waals surface area contributed by atoms with Crippen LogP contribution in [0.15, 0.2) is 24.3 Å². The Hall–Kier alpha value is -1.26. The highest BCUT2D eigenvalue weighted by Gasteiger charge is 2.20. The Balaban J connectivity index is 2.95. The number of aliphatic hydroxyl groups is 1. The average molecular weight is 174 g/mol. The van der Waals surface area contributed by atoms with E-state index in [1.54, 1.807) is 6.92 Å². The van der Waals surface area contributed by atoms with Crippen LogP contribution >= 0.6 is 0 Å². The molecule has 13 heavy (non-hydrogen) atoms. The van der Waals surface area contributed by atoms with E-state index in [1.165, 1.54) is 5.56 Å². The van der Waals surface area contributed by atoms with E-state index in [-0.39, 0.29) is 0 Å². The Morgan fingerprint density at radius 3 is 2.38 bits per heavy atom. The highest BCUT2D eigenvalue weighted by Crippen LogP contribution is 2.23. The number of benzene rings is 1. The first-order valence-electron chi connectivity index (χ1n) is 4.29. The lowest BCUT2D eigenvalue weighted by Gasteiger charge is -2.21. The maximum Gasteiger partial charge on any atom is 0.0977 e. The normalized spacial score (nSPS) is 14.6. The molecule has 0 bridgehead atoms. The van der Waals surface area contributed by atoms with Crippen LogP contribution in [-0.2, 0) is 5.60 Å². The van der Waals surface area contributed by atoms with Gasteiger partial charge in [0.1, 0.15) is 0 Å². The smallest absolute Gasteiger partial charge is 0.0977 e. The molecule has 0 heterocycles. The van der Waals surface area contributed by atoms with Crippen molar-refractivity contribution in [2.75, 3.05) is 0 Å². The molecule has 0 amide bonds. The minimum atomic E-state index is -0.900. The molecule has 68 valence electrons. The van der Waals surface area contributed by atoms with Gasteiger partial charge in [-0.2, -0.15) is 0 Å². The lowest BCUT2D eigenvalue weighted by Crippen LogP contribution is -2.19. The molecule has 0 aliphatic heterocycles. The van der Waals surface area contributed by atoms with Gasteiger partial charge in [0.2, 0.25) is 0 Å². The second-order valence-corrected chi connectivity index (χ2v) is 3.52. The third-order valence-electron chi connectivity index (χ3n) is 2.12. The van der Waals surface area contributed by atoms with E-state index in [1.807, 2.05) is 31.2 Å². The summed E-state index contributed by atoms with van der Waals surface area (Å²) in [7, 11) is 0. The van der Waals surface area contributed by atoms with E-state index < -0.39 is 5.60 Å². The summed E-state index contributed by atoms with van der Waals surface area (Å²) in [5.41, 5.74) is 1.15. The van der Waals surface area contributed by atoms with Crippen LogP contribution < -0.4 is 0 Å². The standard InChI is InChI=1S/C12H14O/c1-4-9-12(3,13)11-7-5-10(2)6-8-11/h1,5-8,13H,9H2,2-3H3/t12-/m0/s1. The first-order valence-corrected chi connectivity index (χ1v) is 4.29. The van der Waals surface area contributed by atoms with Crippen molar-refractivity contribution in [2.24, 2.45) is 0 Å². The molecule has 0 aliphatic rings. The Morgan fingerprint density at radius 2 is 1.92 bits per heavy atom. The molecule has 0 saturated carbocycles. The zero-order valence-electron chi connectivity index (χ0n) is 8.04. The summed E-state index contributed by atoms with van der Waals surface area (Å²) in [4.78, 5) is 0. The fourth-order valence-electron chi connectivity index (χ4n) is 1.21. The monoisotopic (exact) mass is 174 g/mol. The summed E-state index contributed by atoms with van der Waals surface area (Å²) >= 11 is 0. The predicted octanol–water partition coefficient (Wildman–Crippen LogP) is 2.23. The molecule has 1 aromatic carbocycles. The minimum Gasteiger partial charge on any atom is -0.384 e. The molecule has 0 saturated heterocycles. The lowest BCUT2D eigenvalue weighted by atomic mass is 9.92. The summed E-state index contributed by atoms with van der Waals surface area (Å²) in [5.74, 6) is 2.47. The van der Waals surface area contributed by atoms with Crippen molar-refractivity contribution in [1.29, 1.82) is 0 Å². The van der Waals surface area contributed by atoms with Crippen LogP contribution in [-0.4, -0.2) is 5.11 Å². The highest BCUT2D eigenvalue weighted by atomic mass is 16.3. The minimum absolute atomic E-state index is 0.343. The van der Waals surface area contributed by atoms with Crippen molar-refractivity contribution < 1.29 is 5.11 Å². The molecule has 0 aromatic heterocycles. The third kappa shape index (κ3) is 2.34. The Morgan fingerprint density at radius 1 is 1.38 bits per heavy atom. The fourth-order valence-corrected chi connectivity index (χ4v) is 1.21. The summed E-state index contributed by atoms with van der Waals surface area (Å²) in [6.45, 7) is 3.75. The summed E-state index contributed by atoms with van der Waals surface area (Å²) in [5, 5.41) is 9.93. The molecule has 1 aromatic rings. The fraction of sp³-hybridized carbons (Fsp3) is 0.333. The highest BCUT2D eigenvalue weighted by molar-refractivity contribution is 5.26. The topological polar surface area (TPSA) is 20.2 Å². The van der Waals surface area contributed by atoms with E-state index >= 15 is 0 Å². The quantitative estimate of drug-likeness (QED) is 0.682. The first-order chi connectivity index (χ1) is 6.06. The van der Waals surface area contributed by atoms with E-state index in [0.717, 1.165) is 5.56 Å². The van der Waals surface area contributed by atoms with Crippen molar-refractivity contribution in [3.63, 3.8) is 0 Å². The van der Waals surface area contributed by atoms with Gasteiger partial charge < -0.3 is 5.11 Å². The number of hydrogen-bond acceptors (Lipinski definition) is 1. The van der Waals surface area contributed by atoms with Crippen LogP contribution in [0.1, 0.15) is 24.5 Å². The van der Waals surface area contributed by atoms with Crippen LogP contribution in [0.25, 0.3) is 0 Å². The van der Waals surface area contributed by atoms with Crippen molar-refractivity contribution in [3.05, 3.63) is 35.4 Å². The van der Waals surface area contributed by atoms with Gasteiger partial charge in [-0.15, -0.1) is 12.3 Å². The zero-order chi connectivity index (χ0) is 9.90. The molecule has 0 spiro atoms. The second-order valence-electron chi connectivity index (χ2n) is 3.52. The van der Waals surface area contributed by atoms with Crippen LogP contribution in [0.3, 0.4) is 0 Å². The van der Waals surface area contributed by atoms with Gasteiger partial charge in [-0.1, -0.05) is 29.8 Å². The number of terminal acetylenes is 1. The van der Waals surface area contributed by atoms with E-state index in [4.69, 9.17) is 6.42 Å². The molecule has 1 rings (SSSR count). The first kappa shape index (κ1) is 9.83. The van der Waals surface area contributed by atoms with Crippen LogP contribution in [0, 0.1) is 19.3 Å². The zero-order valence-corrected chi connectivity index (χ0v) is 8.04. The molecule has 0 fully saturated rings. The summed E-state index contributed by atoms with van der Waals surface area (Å²) in [6, 6.07) is 7.76. The van der Waals surface area contributed by atoms with Crippen LogP contribution in [0.4, 0.5) is 0 Å². The van der Waals surface area contributed by atoms with Gasteiger partial charge in [0.25, 0.3) is 0 Å². The summed E-state index contributed by atoms with van der Waals surface area (Å²) in [6.07, 6.45) is 5.52. The van der Waals surface area contributed by atoms with Gasteiger partial charge in [-0.05, 0) is 19.4 Å². The second kappa shape index (κ2) is 3.64. The van der Waals surface area contributed by atoms with Crippen molar-refractivity contribution >= 4 is 0 Å². The molecule has 1 N–H and O–H groups in total. The van der Waals surface area contributed by atoms with Gasteiger partial charge in [-0.3, -0.25) is 0 Å². The third-order valence-corrected chi connectivity index (χ3v) is 2.12. The van der Waals surface area contributed by atoms with E-state index in [0.29, 0.717) is 6.42 Å². The van der Waals surface area contributed by atoms with Gasteiger partial charge in [0.15, 0.2) is 0 Å². The van der Waals surface area contributed by atoms with Crippen molar-refractivity contribution in [1.82, 2.24) is 0 Å². The van der Waals surface area contributed by atoms with E-state index in [9.17, 15) is 5.11 Å². The number of rotatable bonds is 2. The van der Waals surface area contributed by atoms with Crippen molar-refractivity contribution in [2.45, 2.75) is 25.9 Å². The van der Waals surface area contributed by atoms with Gasteiger partial charge >= 0.3 is 0 Å². The predicted molar refractivity (Wildman–Crippen MR) is 54.2 cm³/mol. The molecule has 0 unspecified atom stereocenters. The SMILES string of the molecule is C#CC[C@](C)(O)c1ccc(C)cc1. The molecule has 1 heteroatoms. The Kier molecular flexibility index (Phi) is 2.75. The molecule has 0 aliphatic carbocycles. The molecule has 1 atom stereocenters. The van der Waals surface area contributed by atoms with Crippen LogP contribution in [0.2, 0.25) is 0 Å². The molecule has 0 radical (unpaired) electrons. The molecular formula is C12H14O.